The number of aromatic nitrogens is 2. The number of hydrogen-bond donors (Lipinski definition) is 1. The highest BCUT2D eigenvalue weighted by molar-refractivity contribution is 7.92. The molecule has 5 rings (SSSR count). The molecule has 2 aromatic heterocycles. The van der Waals surface area contributed by atoms with E-state index in [-0.39, 0.29) is 16.3 Å². The molecule has 0 bridgehead atoms. The van der Waals surface area contributed by atoms with Crippen LogP contribution in [0.1, 0.15) is 0 Å². The van der Waals surface area contributed by atoms with Crippen LogP contribution in [0.3, 0.4) is 0 Å². The smallest absolute Gasteiger partial charge is 0.263 e. The van der Waals surface area contributed by atoms with Crippen molar-refractivity contribution >= 4 is 38.3 Å². The Morgan fingerprint density at radius 1 is 0.971 bits per heavy atom. The van der Waals surface area contributed by atoms with Crippen LogP contribution in [-0.2, 0) is 10.0 Å². The number of hydrogen-bond acceptors (Lipinski definition) is 6. The van der Waals surface area contributed by atoms with Gasteiger partial charge in [-0.1, -0.05) is 35.0 Å². The average molecular weight is 508 g/mol. The molecular weight excluding hydrogens is 490 g/mol. The minimum Gasteiger partial charge on any atom is -0.495 e. The van der Waals surface area contributed by atoms with E-state index in [4.69, 9.17) is 16.3 Å². The number of methoxy groups -OCH3 is 1. The standard InChI is InChI=1S/C25H18ClN3O5S/c1-33-23-9-5-17(16-3-2-4-19(26)13-16)15-22(23)29-21-8-7-20(14-18(21)6-10-25(29)30)35(31,32)28-24-11-12-34-27-24/h2-15H,1H3,(H,27,28). The van der Waals surface area contributed by atoms with Crippen molar-refractivity contribution in [3.8, 4) is 22.6 Å². The third kappa shape index (κ3) is 4.39. The first-order valence-corrected chi connectivity index (χ1v) is 12.3. The second kappa shape index (κ2) is 8.94. The number of anilines is 1. The molecule has 0 aliphatic heterocycles. The van der Waals surface area contributed by atoms with Crippen molar-refractivity contribution in [2.45, 2.75) is 4.90 Å². The number of rotatable bonds is 6. The van der Waals surface area contributed by atoms with Crippen molar-refractivity contribution in [3.05, 3.63) is 101 Å². The summed E-state index contributed by atoms with van der Waals surface area (Å²) in [7, 11) is -2.40. The SMILES string of the molecule is COc1ccc(-c2cccc(Cl)c2)cc1-n1c(=O)ccc2cc(S(=O)(=O)Nc3ccon3)ccc21. The molecule has 10 heteroatoms. The van der Waals surface area contributed by atoms with Crippen LogP contribution in [0.2, 0.25) is 5.02 Å². The summed E-state index contributed by atoms with van der Waals surface area (Å²) in [4.78, 5) is 13.0. The highest BCUT2D eigenvalue weighted by Crippen LogP contribution is 2.32. The summed E-state index contributed by atoms with van der Waals surface area (Å²) in [6, 6.07) is 21.7. The van der Waals surface area contributed by atoms with Crippen LogP contribution >= 0.6 is 11.6 Å². The maximum Gasteiger partial charge on any atom is 0.263 e. The number of ether oxygens (including phenoxy) is 1. The molecule has 5 aromatic rings. The molecule has 0 spiro atoms. The molecule has 0 amide bonds. The van der Waals surface area contributed by atoms with E-state index in [2.05, 4.69) is 14.4 Å². The lowest BCUT2D eigenvalue weighted by Crippen LogP contribution is -2.19. The second-order valence-corrected chi connectivity index (χ2v) is 9.73. The fourth-order valence-corrected chi connectivity index (χ4v) is 5.03. The number of pyridine rings is 1. The topological polar surface area (TPSA) is 103 Å². The van der Waals surface area contributed by atoms with E-state index in [0.717, 1.165) is 11.1 Å². The normalized spacial score (nSPS) is 11.5. The summed E-state index contributed by atoms with van der Waals surface area (Å²) in [5.74, 6) is 0.549. The van der Waals surface area contributed by atoms with Crippen molar-refractivity contribution in [2.75, 3.05) is 11.8 Å². The second-order valence-electron chi connectivity index (χ2n) is 7.61. The number of sulfonamides is 1. The highest BCUT2D eigenvalue weighted by atomic mass is 35.5. The van der Waals surface area contributed by atoms with Gasteiger partial charge in [0.25, 0.3) is 15.6 Å². The van der Waals surface area contributed by atoms with E-state index in [1.807, 2.05) is 30.3 Å². The predicted molar refractivity (Wildman–Crippen MR) is 134 cm³/mol. The summed E-state index contributed by atoms with van der Waals surface area (Å²) in [6.07, 6.45) is 1.27. The number of fused-ring (bicyclic) bond motifs is 1. The van der Waals surface area contributed by atoms with Gasteiger partial charge in [-0.25, -0.2) is 8.42 Å². The zero-order valence-electron chi connectivity index (χ0n) is 18.3. The molecule has 0 atom stereocenters. The van der Waals surface area contributed by atoms with Crippen molar-refractivity contribution in [1.82, 2.24) is 9.72 Å². The monoisotopic (exact) mass is 507 g/mol. The third-order valence-electron chi connectivity index (χ3n) is 5.43. The van der Waals surface area contributed by atoms with Gasteiger partial charge in [0.2, 0.25) is 0 Å². The van der Waals surface area contributed by atoms with Crippen LogP contribution < -0.4 is 15.0 Å². The quantitative estimate of drug-likeness (QED) is 0.342. The Morgan fingerprint density at radius 3 is 2.54 bits per heavy atom. The Kier molecular flexibility index (Phi) is 5.80. The van der Waals surface area contributed by atoms with E-state index < -0.39 is 10.0 Å². The molecular formula is C25H18ClN3O5S. The van der Waals surface area contributed by atoms with E-state index in [1.165, 1.54) is 42.2 Å². The van der Waals surface area contributed by atoms with Gasteiger partial charge in [0, 0.05) is 22.5 Å². The molecule has 2 heterocycles. The lowest BCUT2D eigenvalue weighted by molar-refractivity contribution is 0.413. The fraction of sp³-hybridized carbons (Fsp3) is 0.0400. The van der Waals surface area contributed by atoms with Crippen LogP contribution in [0.5, 0.6) is 5.75 Å². The summed E-state index contributed by atoms with van der Waals surface area (Å²) in [5, 5.41) is 4.72. The van der Waals surface area contributed by atoms with E-state index in [0.29, 0.717) is 27.4 Å². The van der Waals surface area contributed by atoms with Gasteiger partial charge in [-0.15, -0.1) is 0 Å². The number of nitrogens with zero attached hydrogens (tertiary/aromatic N) is 2. The van der Waals surface area contributed by atoms with Crippen LogP contribution in [0.4, 0.5) is 5.82 Å². The van der Waals surface area contributed by atoms with E-state index >= 15 is 0 Å². The number of benzene rings is 3. The maximum atomic E-state index is 13.0. The zero-order chi connectivity index (χ0) is 24.6. The Bertz CT molecular complexity index is 1710. The molecule has 1 N–H and O–H groups in total. The molecule has 176 valence electrons. The zero-order valence-corrected chi connectivity index (χ0v) is 19.9. The first-order chi connectivity index (χ1) is 16.9. The van der Waals surface area contributed by atoms with Crippen LogP contribution in [0.15, 0.2) is 99.3 Å². The number of halogens is 1. The third-order valence-corrected chi connectivity index (χ3v) is 7.02. The van der Waals surface area contributed by atoms with Gasteiger partial charge in [0.05, 0.1) is 23.2 Å². The maximum absolute atomic E-state index is 13.0. The number of nitrogens with one attached hydrogen (secondary N) is 1. The summed E-state index contributed by atoms with van der Waals surface area (Å²) in [6.45, 7) is 0. The van der Waals surface area contributed by atoms with E-state index in [1.54, 1.807) is 24.3 Å². The molecule has 0 fully saturated rings. The molecule has 0 aliphatic carbocycles. The highest BCUT2D eigenvalue weighted by Gasteiger charge is 2.18. The molecule has 35 heavy (non-hydrogen) atoms. The molecule has 8 nitrogen and oxygen atoms in total. The fourth-order valence-electron chi connectivity index (χ4n) is 3.81. The predicted octanol–water partition coefficient (Wildman–Crippen LogP) is 5.11. The molecule has 0 saturated carbocycles. The van der Waals surface area contributed by atoms with Gasteiger partial charge in [-0.3, -0.25) is 14.1 Å². The molecule has 0 radical (unpaired) electrons. The summed E-state index contributed by atoms with van der Waals surface area (Å²) >= 11 is 6.17. The van der Waals surface area contributed by atoms with Crippen LogP contribution in [0, 0.1) is 0 Å². The first-order valence-electron chi connectivity index (χ1n) is 10.4. The molecule has 3 aromatic carbocycles. The van der Waals surface area contributed by atoms with Gasteiger partial charge >= 0.3 is 0 Å². The van der Waals surface area contributed by atoms with Crippen molar-refractivity contribution in [1.29, 1.82) is 0 Å². The van der Waals surface area contributed by atoms with Gasteiger partial charge in [0.1, 0.15) is 12.0 Å². The Labute approximate surface area is 205 Å². The Hall–Kier alpha value is -4.08. The first kappa shape index (κ1) is 22.7. The van der Waals surface area contributed by atoms with Gasteiger partial charge in [0.15, 0.2) is 5.82 Å². The molecule has 0 unspecified atom stereocenters. The van der Waals surface area contributed by atoms with Gasteiger partial charge in [-0.2, -0.15) is 0 Å². The van der Waals surface area contributed by atoms with Gasteiger partial charge in [-0.05, 0) is 59.7 Å². The molecule has 0 aliphatic rings. The van der Waals surface area contributed by atoms with Crippen LogP contribution in [0.25, 0.3) is 27.7 Å². The van der Waals surface area contributed by atoms with Crippen molar-refractivity contribution in [3.63, 3.8) is 0 Å². The minimum atomic E-state index is -3.92. The largest absolute Gasteiger partial charge is 0.495 e. The summed E-state index contributed by atoms with van der Waals surface area (Å²) in [5.41, 5.74) is 2.44. The lowest BCUT2D eigenvalue weighted by Gasteiger charge is -2.16. The lowest BCUT2D eigenvalue weighted by atomic mass is 10.0. The van der Waals surface area contributed by atoms with Crippen LogP contribution in [-0.4, -0.2) is 25.3 Å². The Balaban J connectivity index is 1.66. The van der Waals surface area contributed by atoms with Gasteiger partial charge < -0.3 is 9.26 Å². The Morgan fingerprint density at radius 2 is 1.80 bits per heavy atom. The molecule has 0 saturated heterocycles. The average Bonchev–Trinajstić information content (AvgIpc) is 3.35. The van der Waals surface area contributed by atoms with Crippen molar-refractivity contribution < 1.29 is 17.7 Å². The van der Waals surface area contributed by atoms with E-state index in [9.17, 15) is 13.2 Å². The van der Waals surface area contributed by atoms with Crippen molar-refractivity contribution in [2.24, 2.45) is 0 Å². The summed E-state index contributed by atoms with van der Waals surface area (Å²) < 4.78 is 39.7. The minimum absolute atomic E-state index is 0.0119.